The van der Waals surface area contributed by atoms with Crippen molar-refractivity contribution in [2.45, 2.75) is 38.6 Å². The van der Waals surface area contributed by atoms with E-state index in [2.05, 4.69) is 17.0 Å². The SMILES string of the molecule is COC(=O)c1cccc(OCC(=O)N[C@H]2CCCC[C@@H]2C)c1. The first-order chi connectivity index (χ1) is 10.6. The molecule has 1 aromatic rings. The van der Waals surface area contributed by atoms with Crippen molar-refractivity contribution in [2.75, 3.05) is 13.7 Å². The van der Waals surface area contributed by atoms with Crippen LogP contribution in [0.25, 0.3) is 0 Å². The van der Waals surface area contributed by atoms with E-state index in [0.717, 1.165) is 19.3 Å². The van der Waals surface area contributed by atoms with Gasteiger partial charge >= 0.3 is 5.97 Å². The van der Waals surface area contributed by atoms with E-state index >= 15 is 0 Å². The molecule has 1 N–H and O–H groups in total. The Hall–Kier alpha value is -2.04. The number of hydrogen-bond acceptors (Lipinski definition) is 4. The minimum atomic E-state index is -0.425. The standard InChI is InChI=1S/C17H23NO4/c1-12-6-3-4-9-15(12)18-16(19)11-22-14-8-5-7-13(10-14)17(20)21-2/h5,7-8,10,12,15H,3-4,6,9,11H2,1-2H3,(H,18,19)/t12-,15-/m0/s1. The molecule has 0 unspecified atom stereocenters. The quantitative estimate of drug-likeness (QED) is 0.849. The van der Waals surface area contributed by atoms with Crippen LogP contribution in [0.4, 0.5) is 0 Å². The smallest absolute Gasteiger partial charge is 0.337 e. The number of nitrogens with one attached hydrogen (secondary N) is 1. The second kappa shape index (κ2) is 7.82. The zero-order valence-electron chi connectivity index (χ0n) is 13.1. The summed E-state index contributed by atoms with van der Waals surface area (Å²) in [7, 11) is 1.33. The molecule has 0 spiro atoms. The molecular formula is C17H23NO4. The van der Waals surface area contributed by atoms with Gasteiger partial charge < -0.3 is 14.8 Å². The van der Waals surface area contributed by atoms with Crippen LogP contribution in [0.2, 0.25) is 0 Å². The molecule has 0 bridgehead atoms. The summed E-state index contributed by atoms with van der Waals surface area (Å²) >= 11 is 0. The lowest BCUT2D eigenvalue weighted by molar-refractivity contribution is -0.124. The summed E-state index contributed by atoms with van der Waals surface area (Å²) in [5, 5.41) is 3.03. The summed E-state index contributed by atoms with van der Waals surface area (Å²) < 4.78 is 10.1. The Labute approximate surface area is 131 Å². The third-order valence-electron chi connectivity index (χ3n) is 4.08. The molecule has 22 heavy (non-hydrogen) atoms. The van der Waals surface area contributed by atoms with E-state index in [1.54, 1.807) is 24.3 Å². The molecular weight excluding hydrogens is 282 g/mol. The summed E-state index contributed by atoms with van der Waals surface area (Å²) in [6.45, 7) is 2.12. The first-order valence-electron chi connectivity index (χ1n) is 7.70. The van der Waals surface area contributed by atoms with Crippen LogP contribution in [0, 0.1) is 5.92 Å². The van der Waals surface area contributed by atoms with E-state index < -0.39 is 5.97 Å². The van der Waals surface area contributed by atoms with Gasteiger partial charge in [-0.05, 0) is 37.0 Å². The molecule has 120 valence electrons. The van der Waals surface area contributed by atoms with Gasteiger partial charge in [0.15, 0.2) is 6.61 Å². The predicted molar refractivity (Wildman–Crippen MR) is 82.8 cm³/mol. The Bertz CT molecular complexity index is 529. The summed E-state index contributed by atoms with van der Waals surface area (Å²) in [5.41, 5.74) is 0.404. The van der Waals surface area contributed by atoms with E-state index in [1.807, 2.05) is 0 Å². The highest BCUT2D eigenvalue weighted by molar-refractivity contribution is 5.89. The van der Waals surface area contributed by atoms with E-state index in [0.29, 0.717) is 17.2 Å². The first-order valence-corrected chi connectivity index (χ1v) is 7.70. The van der Waals surface area contributed by atoms with Gasteiger partial charge in [-0.3, -0.25) is 4.79 Å². The van der Waals surface area contributed by atoms with Crippen LogP contribution < -0.4 is 10.1 Å². The van der Waals surface area contributed by atoms with Crippen LogP contribution in [0.1, 0.15) is 43.0 Å². The lowest BCUT2D eigenvalue weighted by Crippen LogP contribution is -2.43. The molecule has 5 heteroatoms. The third kappa shape index (κ3) is 4.48. The van der Waals surface area contributed by atoms with Gasteiger partial charge in [0.05, 0.1) is 12.7 Å². The third-order valence-corrected chi connectivity index (χ3v) is 4.08. The number of rotatable bonds is 5. The average Bonchev–Trinajstić information content (AvgIpc) is 2.54. The van der Waals surface area contributed by atoms with Gasteiger partial charge in [0.25, 0.3) is 5.91 Å². The van der Waals surface area contributed by atoms with Crippen molar-refractivity contribution in [1.29, 1.82) is 0 Å². The average molecular weight is 305 g/mol. The number of ether oxygens (including phenoxy) is 2. The second-order valence-electron chi connectivity index (χ2n) is 5.74. The molecule has 1 aromatic carbocycles. The summed E-state index contributed by atoms with van der Waals surface area (Å²) in [6.07, 6.45) is 4.60. The van der Waals surface area contributed by atoms with Crippen LogP contribution in [-0.4, -0.2) is 31.6 Å². The van der Waals surface area contributed by atoms with E-state index in [4.69, 9.17) is 4.74 Å². The van der Waals surface area contributed by atoms with Crippen molar-refractivity contribution in [1.82, 2.24) is 5.32 Å². The molecule has 1 aliphatic rings. The number of carbonyl (C=O) groups is 2. The Morgan fingerprint density at radius 2 is 2.05 bits per heavy atom. The molecule has 0 heterocycles. The molecule has 1 saturated carbocycles. The molecule has 0 radical (unpaired) electrons. The highest BCUT2D eigenvalue weighted by atomic mass is 16.5. The number of hydrogen-bond donors (Lipinski definition) is 1. The van der Waals surface area contributed by atoms with E-state index in [-0.39, 0.29) is 18.6 Å². The lowest BCUT2D eigenvalue weighted by atomic mass is 9.86. The molecule has 1 fully saturated rings. The van der Waals surface area contributed by atoms with Crippen LogP contribution >= 0.6 is 0 Å². The van der Waals surface area contributed by atoms with Gasteiger partial charge in [-0.15, -0.1) is 0 Å². The van der Waals surface area contributed by atoms with Crippen molar-refractivity contribution in [3.05, 3.63) is 29.8 Å². The minimum absolute atomic E-state index is 0.0478. The Morgan fingerprint density at radius 3 is 2.77 bits per heavy atom. The molecule has 2 atom stereocenters. The number of esters is 1. The van der Waals surface area contributed by atoms with E-state index in [1.165, 1.54) is 13.5 Å². The zero-order chi connectivity index (χ0) is 15.9. The highest BCUT2D eigenvalue weighted by Crippen LogP contribution is 2.23. The van der Waals surface area contributed by atoms with Gasteiger partial charge in [0.1, 0.15) is 5.75 Å². The fourth-order valence-corrected chi connectivity index (χ4v) is 2.76. The summed E-state index contributed by atoms with van der Waals surface area (Å²) in [4.78, 5) is 23.4. The monoisotopic (exact) mass is 305 g/mol. The van der Waals surface area contributed by atoms with Crippen molar-refractivity contribution in [3.63, 3.8) is 0 Å². The number of benzene rings is 1. The molecule has 0 aliphatic heterocycles. The number of amides is 1. The molecule has 0 saturated heterocycles. The number of methoxy groups -OCH3 is 1. The van der Waals surface area contributed by atoms with Crippen LogP contribution in [0.15, 0.2) is 24.3 Å². The largest absolute Gasteiger partial charge is 0.484 e. The van der Waals surface area contributed by atoms with E-state index in [9.17, 15) is 9.59 Å². The fraction of sp³-hybridized carbons (Fsp3) is 0.529. The lowest BCUT2D eigenvalue weighted by Gasteiger charge is -2.29. The van der Waals surface area contributed by atoms with Gasteiger partial charge in [-0.1, -0.05) is 25.8 Å². The summed E-state index contributed by atoms with van der Waals surface area (Å²) in [6, 6.07) is 6.86. The second-order valence-corrected chi connectivity index (χ2v) is 5.74. The molecule has 2 rings (SSSR count). The topological polar surface area (TPSA) is 64.6 Å². The van der Waals surface area contributed by atoms with Crippen molar-refractivity contribution < 1.29 is 19.1 Å². The maximum absolute atomic E-state index is 12.0. The number of carbonyl (C=O) groups excluding carboxylic acids is 2. The maximum atomic E-state index is 12.0. The van der Waals surface area contributed by atoms with Gasteiger partial charge in [-0.25, -0.2) is 4.79 Å². The molecule has 5 nitrogen and oxygen atoms in total. The van der Waals surface area contributed by atoms with Crippen molar-refractivity contribution in [2.24, 2.45) is 5.92 Å². The Kier molecular flexibility index (Phi) is 5.81. The molecule has 0 aromatic heterocycles. The van der Waals surface area contributed by atoms with Gasteiger partial charge in [0, 0.05) is 6.04 Å². The molecule has 1 amide bonds. The van der Waals surface area contributed by atoms with Gasteiger partial charge in [-0.2, -0.15) is 0 Å². The summed E-state index contributed by atoms with van der Waals surface area (Å²) in [5.74, 6) is 0.447. The minimum Gasteiger partial charge on any atom is -0.484 e. The van der Waals surface area contributed by atoms with Crippen molar-refractivity contribution >= 4 is 11.9 Å². The van der Waals surface area contributed by atoms with Gasteiger partial charge in [0.2, 0.25) is 0 Å². The predicted octanol–water partition coefficient (Wildman–Crippen LogP) is 2.55. The first kappa shape index (κ1) is 16.3. The molecule has 1 aliphatic carbocycles. The maximum Gasteiger partial charge on any atom is 0.337 e. The normalized spacial score (nSPS) is 21.0. The van der Waals surface area contributed by atoms with Crippen molar-refractivity contribution in [3.8, 4) is 5.75 Å². The highest BCUT2D eigenvalue weighted by Gasteiger charge is 2.22. The Balaban J connectivity index is 1.84. The zero-order valence-corrected chi connectivity index (χ0v) is 13.1. The van der Waals surface area contributed by atoms with Crippen LogP contribution in [0.3, 0.4) is 0 Å². The van der Waals surface area contributed by atoms with Crippen LogP contribution in [-0.2, 0) is 9.53 Å². The fourth-order valence-electron chi connectivity index (χ4n) is 2.76. The Morgan fingerprint density at radius 1 is 1.27 bits per heavy atom. The van der Waals surface area contributed by atoms with Crippen LogP contribution in [0.5, 0.6) is 5.75 Å².